The summed E-state index contributed by atoms with van der Waals surface area (Å²) in [5, 5.41) is 15.8. The van der Waals surface area contributed by atoms with E-state index in [9.17, 15) is 9.90 Å². The number of nitrogens with zero attached hydrogens (tertiary/aromatic N) is 3. The van der Waals surface area contributed by atoms with Crippen molar-refractivity contribution in [3.8, 4) is 17.0 Å². The van der Waals surface area contributed by atoms with E-state index in [1.165, 1.54) is 6.07 Å². The number of rotatable bonds is 8. The van der Waals surface area contributed by atoms with Crippen LogP contribution in [0.3, 0.4) is 0 Å². The van der Waals surface area contributed by atoms with Crippen molar-refractivity contribution in [1.29, 1.82) is 0 Å². The number of imidazole rings is 1. The van der Waals surface area contributed by atoms with Crippen molar-refractivity contribution in [3.05, 3.63) is 72.2 Å². The van der Waals surface area contributed by atoms with E-state index in [1.54, 1.807) is 18.2 Å². The molecule has 0 bridgehead atoms. The number of nitrogens with one attached hydrogen (secondary N) is 3. The normalized spacial score (nSPS) is 11.2. The molecule has 0 unspecified atom stereocenters. The highest BCUT2D eigenvalue weighted by molar-refractivity contribution is 5.96. The minimum atomic E-state index is -0.323. The summed E-state index contributed by atoms with van der Waals surface area (Å²) >= 11 is 0. The Hall–Kier alpha value is -3.81. The van der Waals surface area contributed by atoms with Gasteiger partial charge in [0.1, 0.15) is 11.6 Å². The van der Waals surface area contributed by atoms with Crippen molar-refractivity contribution in [2.45, 2.75) is 13.5 Å². The van der Waals surface area contributed by atoms with Crippen molar-refractivity contribution in [2.24, 2.45) is 4.99 Å². The largest absolute Gasteiger partial charge is 0.507 e. The molecule has 1 aromatic heterocycles. The molecule has 8 nitrogen and oxygen atoms in total. The fraction of sp³-hybridized carbons (Fsp3) is 0.261. The van der Waals surface area contributed by atoms with E-state index in [0.717, 1.165) is 29.6 Å². The average Bonchev–Trinajstić information content (AvgIpc) is 3.25. The van der Waals surface area contributed by atoms with Crippen LogP contribution in [0.2, 0.25) is 0 Å². The van der Waals surface area contributed by atoms with Gasteiger partial charge in [-0.2, -0.15) is 0 Å². The monoisotopic (exact) mass is 420 g/mol. The predicted molar refractivity (Wildman–Crippen MR) is 122 cm³/mol. The predicted octanol–water partition coefficient (Wildman–Crippen LogP) is 2.61. The number of phenols is 1. The second-order valence-electron chi connectivity index (χ2n) is 6.97. The summed E-state index contributed by atoms with van der Waals surface area (Å²) in [6.45, 7) is 4.04. The Morgan fingerprint density at radius 3 is 2.61 bits per heavy atom. The zero-order valence-electron chi connectivity index (χ0n) is 17.8. The number of aromatic amines is 1. The zero-order valence-corrected chi connectivity index (χ0v) is 17.8. The van der Waals surface area contributed by atoms with Crippen LogP contribution in [-0.4, -0.2) is 58.5 Å². The number of hydrogen-bond donors (Lipinski definition) is 4. The van der Waals surface area contributed by atoms with E-state index in [2.05, 4.69) is 25.6 Å². The van der Waals surface area contributed by atoms with Gasteiger partial charge in [0.25, 0.3) is 5.91 Å². The molecule has 0 saturated heterocycles. The highest BCUT2D eigenvalue weighted by atomic mass is 16.3. The number of guanidine groups is 1. The molecule has 0 aliphatic carbocycles. The molecule has 0 fully saturated rings. The van der Waals surface area contributed by atoms with Crippen molar-refractivity contribution in [1.82, 2.24) is 25.5 Å². The first-order chi connectivity index (χ1) is 15.1. The average molecular weight is 421 g/mol. The second-order valence-corrected chi connectivity index (χ2v) is 6.97. The maximum Gasteiger partial charge on any atom is 0.255 e. The summed E-state index contributed by atoms with van der Waals surface area (Å²) in [4.78, 5) is 26.5. The topological polar surface area (TPSA) is 106 Å². The molecule has 1 amide bonds. The molecule has 0 aliphatic heterocycles. The number of amides is 1. The molecule has 31 heavy (non-hydrogen) atoms. The van der Waals surface area contributed by atoms with Gasteiger partial charge in [0.2, 0.25) is 0 Å². The van der Waals surface area contributed by atoms with Crippen LogP contribution in [0.4, 0.5) is 0 Å². The lowest BCUT2D eigenvalue weighted by molar-refractivity contribution is 0.0952. The lowest BCUT2D eigenvalue weighted by atomic mass is 10.2. The van der Waals surface area contributed by atoms with Gasteiger partial charge >= 0.3 is 0 Å². The molecule has 3 rings (SSSR count). The van der Waals surface area contributed by atoms with Crippen LogP contribution < -0.4 is 10.6 Å². The molecule has 1 heterocycles. The molecule has 0 aliphatic rings. The molecular formula is C23H28N6O2. The number of aromatic nitrogens is 2. The maximum atomic E-state index is 12.2. The molecule has 4 N–H and O–H groups in total. The fourth-order valence-electron chi connectivity index (χ4n) is 3.07. The van der Waals surface area contributed by atoms with E-state index < -0.39 is 0 Å². The Bertz CT molecular complexity index is 1020. The third kappa shape index (κ3) is 6.08. The first-order valence-corrected chi connectivity index (χ1v) is 10.2. The Morgan fingerprint density at radius 2 is 1.87 bits per heavy atom. The highest BCUT2D eigenvalue weighted by Gasteiger charge is 2.11. The summed E-state index contributed by atoms with van der Waals surface area (Å²) in [5.74, 6) is 1.19. The van der Waals surface area contributed by atoms with Gasteiger partial charge in [-0.3, -0.25) is 9.79 Å². The summed E-state index contributed by atoms with van der Waals surface area (Å²) in [6, 6.07) is 16.5. The van der Waals surface area contributed by atoms with Crippen molar-refractivity contribution in [2.75, 3.05) is 26.7 Å². The second kappa shape index (κ2) is 10.8. The number of para-hydroxylation sites is 1. The number of carbonyl (C=O) groups excluding carboxylic acids is 1. The van der Waals surface area contributed by atoms with Gasteiger partial charge in [-0.05, 0) is 24.6 Å². The van der Waals surface area contributed by atoms with Gasteiger partial charge in [-0.15, -0.1) is 0 Å². The summed E-state index contributed by atoms with van der Waals surface area (Å²) in [7, 11) is 1.94. The third-order valence-electron chi connectivity index (χ3n) is 4.60. The Labute approximate surface area is 182 Å². The molecule has 3 aromatic rings. The number of hydrogen-bond acceptors (Lipinski definition) is 4. The highest BCUT2D eigenvalue weighted by Crippen LogP contribution is 2.17. The van der Waals surface area contributed by atoms with E-state index in [0.29, 0.717) is 19.6 Å². The van der Waals surface area contributed by atoms with Gasteiger partial charge in [0, 0.05) is 20.1 Å². The van der Waals surface area contributed by atoms with Gasteiger partial charge < -0.3 is 25.6 Å². The fourth-order valence-corrected chi connectivity index (χ4v) is 3.07. The van der Waals surface area contributed by atoms with E-state index >= 15 is 0 Å². The van der Waals surface area contributed by atoms with Crippen LogP contribution in [0.25, 0.3) is 11.3 Å². The number of aromatic hydroxyl groups is 1. The standard InChI is InChI=1S/C23H28N6O2/c1-3-24-23(26-14-13-25-22(31)18-11-7-8-12-20(18)30)29(2)16-21-27-15-19(28-21)17-9-5-4-6-10-17/h4-12,15,30H,3,13-14,16H2,1-2H3,(H,24,26)(H,25,31)(H,27,28). The number of aliphatic imine (C=N–C) groups is 1. The maximum absolute atomic E-state index is 12.2. The van der Waals surface area contributed by atoms with Crippen LogP contribution in [0, 0.1) is 0 Å². The molecule has 162 valence electrons. The quantitative estimate of drug-likeness (QED) is 0.255. The molecule has 0 spiro atoms. The lowest BCUT2D eigenvalue weighted by Crippen LogP contribution is -2.39. The van der Waals surface area contributed by atoms with Crippen molar-refractivity contribution >= 4 is 11.9 Å². The van der Waals surface area contributed by atoms with Gasteiger partial charge in [0.05, 0.1) is 30.5 Å². The number of benzene rings is 2. The van der Waals surface area contributed by atoms with Crippen molar-refractivity contribution in [3.63, 3.8) is 0 Å². The minimum absolute atomic E-state index is 0.0371. The van der Waals surface area contributed by atoms with Crippen LogP contribution in [-0.2, 0) is 6.54 Å². The Balaban J connectivity index is 1.55. The van der Waals surface area contributed by atoms with Gasteiger partial charge in [0.15, 0.2) is 5.96 Å². The minimum Gasteiger partial charge on any atom is -0.507 e. The van der Waals surface area contributed by atoms with Crippen LogP contribution in [0.1, 0.15) is 23.1 Å². The first kappa shape index (κ1) is 21.9. The zero-order chi connectivity index (χ0) is 22.1. The SMILES string of the molecule is CCNC(=NCCNC(=O)c1ccccc1O)N(C)Cc1ncc(-c2ccccc2)[nH]1. The summed E-state index contributed by atoms with van der Waals surface area (Å²) in [6.07, 6.45) is 1.83. The number of H-pyrrole nitrogens is 1. The Morgan fingerprint density at radius 1 is 1.13 bits per heavy atom. The van der Waals surface area contributed by atoms with Crippen LogP contribution >= 0.6 is 0 Å². The van der Waals surface area contributed by atoms with Gasteiger partial charge in [-0.25, -0.2) is 4.98 Å². The molecule has 0 radical (unpaired) electrons. The Kier molecular flexibility index (Phi) is 7.64. The number of carbonyl (C=O) groups is 1. The molecule has 0 saturated carbocycles. The van der Waals surface area contributed by atoms with Gasteiger partial charge in [-0.1, -0.05) is 42.5 Å². The van der Waals surface area contributed by atoms with Crippen molar-refractivity contribution < 1.29 is 9.90 Å². The molecular weight excluding hydrogens is 392 g/mol. The molecule has 0 atom stereocenters. The molecule has 8 heteroatoms. The molecule has 2 aromatic carbocycles. The first-order valence-electron chi connectivity index (χ1n) is 10.2. The summed E-state index contributed by atoms with van der Waals surface area (Å²) < 4.78 is 0. The van der Waals surface area contributed by atoms with E-state index in [-0.39, 0.29) is 17.2 Å². The smallest absolute Gasteiger partial charge is 0.255 e. The lowest BCUT2D eigenvalue weighted by Gasteiger charge is -2.21. The third-order valence-corrected chi connectivity index (χ3v) is 4.60. The van der Waals surface area contributed by atoms with E-state index in [4.69, 9.17) is 0 Å². The summed E-state index contributed by atoms with van der Waals surface area (Å²) in [5.41, 5.74) is 2.31. The van der Waals surface area contributed by atoms with Crippen LogP contribution in [0.5, 0.6) is 5.75 Å². The number of phenolic OH excluding ortho intramolecular Hbond substituents is 1. The van der Waals surface area contributed by atoms with Crippen LogP contribution in [0.15, 0.2) is 65.8 Å². The van der Waals surface area contributed by atoms with E-state index in [1.807, 2.05) is 55.4 Å².